The van der Waals surface area contributed by atoms with Crippen LogP contribution in [0.1, 0.15) is 25.3 Å². The average Bonchev–Trinajstić information content (AvgIpc) is 3.04. The Morgan fingerprint density at radius 1 is 1.37 bits per heavy atom. The molecule has 1 aromatic carbocycles. The van der Waals surface area contributed by atoms with Crippen LogP contribution in [0.4, 0.5) is 10.5 Å². The molecule has 8 nitrogen and oxygen atoms in total. The summed E-state index contributed by atoms with van der Waals surface area (Å²) in [6.45, 7) is 4.44. The molecule has 1 unspecified atom stereocenters. The standard InChI is InChI=1S/C19H24N4O4/c1-2-26-17(24)19(21)7-9-22(10-8-19)12-16-13-23(18(25)27-16)15-5-3-14(11-20)4-6-15/h3-6,16H,2,7-10,12-13,21H2,1H3. The quantitative estimate of drug-likeness (QED) is 0.775. The molecule has 1 aromatic rings. The molecule has 2 heterocycles. The Morgan fingerprint density at radius 3 is 2.63 bits per heavy atom. The van der Waals surface area contributed by atoms with Crippen LogP contribution in [0.5, 0.6) is 0 Å². The second-order valence-electron chi connectivity index (χ2n) is 6.95. The maximum absolute atomic E-state index is 12.2. The monoisotopic (exact) mass is 372 g/mol. The zero-order valence-electron chi connectivity index (χ0n) is 15.4. The zero-order chi connectivity index (χ0) is 19.4. The molecule has 0 bridgehead atoms. The summed E-state index contributed by atoms with van der Waals surface area (Å²) in [4.78, 5) is 27.9. The lowest BCUT2D eigenvalue weighted by Crippen LogP contribution is -2.57. The number of hydrogen-bond donors (Lipinski definition) is 1. The largest absolute Gasteiger partial charge is 0.465 e. The maximum atomic E-state index is 12.2. The second-order valence-corrected chi connectivity index (χ2v) is 6.95. The van der Waals surface area contributed by atoms with E-state index in [1.165, 1.54) is 0 Å². The molecular weight excluding hydrogens is 348 g/mol. The fourth-order valence-corrected chi connectivity index (χ4v) is 3.44. The van der Waals surface area contributed by atoms with Crippen molar-refractivity contribution in [1.29, 1.82) is 5.26 Å². The van der Waals surface area contributed by atoms with Gasteiger partial charge in [0.2, 0.25) is 0 Å². The van der Waals surface area contributed by atoms with Crippen molar-refractivity contribution in [3.8, 4) is 6.07 Å². The lowest BCUT2D eigenvalue weighted by molar-refractivity contribution is -0.151. The second kappa shape index (κ2) is 7.94. The molecule has 0 aliphatic carbocycles. The number of carbonyl (C=O) groups excluding carboxylic acids is 2. The van der Waals surface area contributed by atoms with Gasteiger partial charge in [-0.25, -0.2) is 4.79 Å². The first-order valence-electron chi connectivity index (χ1n) is 9.12. The van der Waals surface area contributed by atoms with E-state index in [1.807, 2.05) is 0 Å². The van der Waals surface area contributed by atoms with Crippen LogP contribution in [0.2, 0.25) is 0 Å². The number of carbonyl (C=O) groups is 2. The van der Waals surface area contributed by atoms with E-state index in [0.29, 0.717) is 56.9 Å². The van der Waals surface area contributed by atoms with Gasteiger partial charge in [-0.15, -0.1) is 0 Å². The molecule has 3 rings (SSSR count). The third kappa shape index (κ3) is 4.21. The van der Waals surface area contributed by atoms with Gasteiger partial charge in [0, 0.05) is 25.3 Å². The van der Waals surface area contributed by atoms with Crippen molar-refractivity contribution in [2.24, 2.45) is 5.73 Å². The van der Waals surface area contributed by atoms with Crippen LogP contribution in [0.3, 0.4) is 0 Å². The first-order valence-corrected chi connectivity index (χ1v) is 9.12. The molecule has 0 aromatic heterocycles. The third-order valence-electron chi connectivity index (χ3n) is 5.07. The van der Waals surface area contributed by atoms with E-state index in [2.05, 4.69) is 11.0 Å². The van der Waals surface area contributed by atoms with Gasteiger partial charge in [0.25, 0.3) is 0 Å². The predicted octanol–water partition coefficient (Wildman–Crippen LogP) is 1.24. The van der Waals surface area contributed by atoms with Crippen LogP contribution in [-0.4, -0.2) is 61.4 Å². The summed E-state index contributed by atoms with van der Waals surface area (Å²) in [5.74, 6) is -0.344. The Balaban J connectivity index is 1.53. The highest BCUT2D eigenvalue weighted by molar-refractivity contribution is 5.89. The van der Waals surface area contributed by atoms with Gasteiger partial charge in [-0.2, -0.15) is 5.26 Å². The van der Waals surface area contributed by atoms with E-state index in [9.17, 15) is 9.59 Å². The molecule has 0 spiro atoms. The van der Waals surface area contributed by atoms with Gasteiger partial charge in [-0.1, -0.05) is 0 Å². The van der Waals surface area contributed by atoms with Gasteiger partial charge in [-0.3, -0.25) is 14.6 Å². The molecule has 0 saturated carbocycles. The minimum atomic E-state index is -0.923. The molecule has 144 valence electrons. The number of nitrogens with zero attached hydrogens (tertiary/aromatic N) is 3. The Morgan fingerprint density at radius 2 is 2.04 bits per heavy atom. The number of nitrogens with two attached hydrogens (primary N) is 1. The smallest absolute Gasteiger partial charge is 0.414 e. The lowest BCUT2D eigenvalue weighted by Gasteiger charge is -2.37. The Bertz CT molecular complexity index is 735. The van der Waals surface area contributed by atoms with Crippen LogP contribution in [0, 0.1) is 11.3 Å². The van der Waals surface area contributed by atoms with Crippen LogP contribution in [0.25, 0.3) is 0 Å². The van der Waals surface area contributed by atoms with Gasteiger partial charge < -0.3 is 15.2 Å². The van der Waals surface area contributed by atoms with E-state index in [0.717, 1.165) is 0 Å². The molecular formula is C19H24N4O4. The molecule has 2 fully saturated rings. The number of esters is 1. The third-order valence-corrected chi connectivity index (χ3v) is 5.07. The SMILES string of the molecule is CCOC(=O)C1(N)CCN(CC2CN(c3ccc(C#N)cc3)C(=O)O2)CC1. The van der Waals surface area contributed by atoms with E-state index in [4.69, 9.17) is 20.5 Å². The van der Waals surface area contributed by atoms with E-state index < -0.39 is 5.54 Å². The minimum absolute atomic E-state index is 0.249. The molecule has 8 heteroatoms. The number of cyclic esters (lactones) is 1. The number of rotatable bonds is 5. The predicted molar refractivity (Wildman–Crippen MR) is 98.0 cm³/mol. The zero-order valence-corrected chi connectivity index (χ0v) is 15.4. The summed E-state index contributed by atoms with van der Waals surface area (Å²) < 4.78 is 10.6. The van der Waals surface area contributed by atoms with Crippen molar-refractivity contribution in [2.75, 3.05) is 37.7 Å². The average molecular weight is 372 g/mol. The highest BCUT2D eigenvalue weighted by Gasteiger charge is 2.40. The van der Waals surface area contributed by atoms with Crippen LogP contribution in [-0.2, 0) is 14.3 Å². The number of amides is 1. The normalized spacial score (nSPS) is 22.2. The highest BCUT2D eigenvalue weighted by atomic mass is 16.6. The van der Waals surface area contributed by atoms with Gasteiger partial charge in [0.1, 0.15) is 11.6 Å². The topological polar surface area (TPSA) is 109 Å². The van der Waals surface area contributed by atoms with Crippen molar-refractivity contribution in [2.45, 2.75) is 31.4 Å². The molecule has 2 N–H and O–H groups in total. The summed E-state index contributed by atoms with van der Waals surface area (Å²) in [6, 6.07) is 8.89. The number of ether oxygens (including phenoxy) is 2. The fraction of sp³-hybridized carbons (Fsp3) is 0.526. The van der Waals surface area contributed by atoms with Crippen molar-refractivity contribution < 1.29 is 19.1 Å². The van der Waals surface area contributed by atoms with Gasteiger partial charge >= 0.3 is 12.1 Å². The molecule has 2 saturated heterocycles. The summed E-state index contributed by atoms with van der Waals surface area (Å²) in [5.41, 5.74) is 6.52. The number of benzene rings is 1. The molecule has 2 aliphatic rings. The Kier molecular flexibility index (Phi) is 5.63. The van der Waals surface area contributed by atoms with Crippen molar-refractivity contribution in [3.63, 3.8) is 0 Å². The highest BCUT2D eigenvalue weighted by Crippen LogP contribution is 2.25. The summed E-state index contributed by atoms with van der Waals surface area (Å²) in [5, 5.41) is 8.87. The Hall–Kier alpha value is -2.63. The van der Waals surface area contributed by atoms with Crippen molar-refractivity contribution in [3.05, 3.63) is 29.8 Å². The molecule has 2 aliphatic heterocycles. The lowest BCUT2D eigenvalue weighted by atomic mass is 9.88. The van der Waals surface area contributed by atoms with Crippen molar-refractivity contribution >= 4 is 17.7 Å². The fourth-order valence-electron chi connectivity index (χ4n) is 3.44. The molecule has 1 amide bonds. The summed E-state index contributed by atoms with van der Waals surface area (Å²) in [6.07, 6.45) is 0.403. The first kappa shape index (κ1) is 19.1. The summed E-state index contributed by atoms with van der Waals surface area (Å²) in [7, 11) is 0. The number of piperidine rings is 1. The van der Waals surface area contributed by atoms with E-state index >= 15 is 0 Å². The number of likely N-dealkylation sites (tertiary alicyclic amines) is 1. The van der Waals surface area contributed by atoms with E-state index in [-0.39, 0.29) is 18.2 Å². The molecule has 0 radical (unpaired) electrons. The van der Waals surface area contributed by atoms with Crippen molar-refractivity contribution in [1.82, 2.24) is 4.90 Å². The van der Waals surface area contributed by atoms with Gasteiger partial charge in [-0.05, 0) is 44.0 Å². The first-order chi connectivity index (χ1) is 12.9. The number of anilines is 1. The number of nitriles is 1. The van der Waals surface area contributed by atoms with Gasteiger partial charge in [0.05, 0.1) is 24.8 Å². The summed E-state index contributed by atoms with van der Waals surface area (Å²) >= 11 is 0. The number of hydrogen-bond acceptors (Lipinski definition) is 7. The molecule has 27 heavy (non-hydrogen) atoms. The Labute approximate surface area is 158 Å². The van der Waals surface area contributed by atoms with Gasteiger partial charge in [0.15, 0.2) is 0 Å². The molecule has 1 atom stereocenters. The maximum Gasteiger partial charge on any atom is 0.414 e. The van der Waals surface area contributed by atoms with Crippen LogP contribution >= 0.6 is 0 Å². The van der Waals surface area contributed by atoms with E-state index in [1.54, 1.807) is 36.1 Å². The van der Waals surface area contributed by atoms with Crippen LogP contribution in [0.15, 0.2) is 24.3 Å². The minimum Gasteiger partial charge on any atom is -0.465 e. The van der Waals surface area contributed by atoms with Crippen LogP contribution < -0.4 is 10.6 Å².